The highest BCUT2D eigenvalue weighted by Crippen LogP contribution is 2.42. The average molecular weight is 436 g/mol. The summed E-state index contributed by atoms with van der Waals surface area (Å²) >= 11 is 0. The molecule has 0 amide bonds. The summed E-state index contributed by atoms with van der Waals surface area (Å²) in [5.41, 5.74) is 3.07. The van der Waals surface area contributed by atoms with Crippen LogP contribution in [0.25, 0.3) is 0 Å². The van der Waals surface area contributed by atoms with Crippen LogP contribution in [0.3, 0.4) is 0 Å². The van der Waals surface area contributed by atoms with Crippen molar-refractivity contribution in [3.05, 3.63) is 35.4 Å². The van der Waals surface area contributed by atoms with E-state index in [-0.39, 0.29) is 0 Å². The number of nitriles is 1. The fourth-order valence-corrected chi connectivity index (χ4v) is 6.53. The second-order valence-corrected chi connectivity index (χ2v) is 11.2. The Kier molecular flexibility index (Phi) is 11.1. The van der Waals surface area contributed by atoms with Gasteiger partial charge in [0, 0.05) is 5.92 Å². The molecule has 2 saturated carbocycles. The van der Waals surface area contributed by atoms with E-state index in [0.29, 0.717) is 11.8 Å². The van der Waals surface area contributed by atoms with Gasteiger partial charge < -0.3 is 0 Å². The quantitative estimate of drug-likeness (QED) is 0.300. The van der Waals surface area contributed by atoms with Gasteiger partial charge in [-0.05, 0) is 92.6 Å². The summed E-state index contributed by atoms with van der Waals surface area (Å²) in [5.74, 6) is 3.47. The van der Waals surface area contributed by atoms with E-state index in [1.54, 1.807) is 5.56 Å². The van der Waals surface area contributed by atoms with Gasteiger partial charge in [-0.1, -0.05) is 89.5 Å². The molecule has 0 N–H and O–H groups in total. The Hall–Kier alpha value is -1.29. The Labute approximate surface area is 199 Å². The molecule has 0 saturated heterocycles. The third-order valence-corrected chi connectivity index (χ3v) is 8.80. The molecule has 1 unspecified atom stereocenters. The predicted molar refractivity (Wildman–Crippen MR) is 138 cm³/mol. The first kappa shape index (κ1) is 25.3. The van der Waals surface area contributed by atoms with Crippen LogP contribution in [0.5, 0.6) is 0 Å². The second-order valence-electron chi connectivity index (χ2n) is 11.2. The molecule has 0 spiro atoms. The molecule has 0 heterocycles. The topological polar surface area (TPSA) is 23.8 Å². The molecule has 1 aromatic rings. The van der Waals surface area contributed by atoms with Crippen molar-refractivity contribution in [1.82, 2.24) is 0 Å². The SMILES string of the molecule is CCCCCCc1ccc(C2CCC(CC(C#N)C3CCC(CCCC)CC3)CC2)cc1. The Morgan fingerprint density at radius 1 is 0.781 bits per heavy atom. The van der Waals surface area contributed by atoms with E-state index in [4.69, 9.17) is 0 Å². The lowest BCUT2D eigenvalue weighted by Crippen LogP contribution is -2.24. The van der Waals surface area contributed by atoms with Crippen LogP contribution >= 0.6 is 0 Å². The Morgan fingerprint density at radius 2 is 1.44 bits per heavy atom. The number of benzene rings is 1. The maximum atomic E-state index is 9.91. The highest BCUT2D eigenvalue weighted by Gasteiger charge is 2.31. The van der Waals surface area contributed by atoms with E-state index in [1.807, 2.05) is 0 Å². The van der Waals surface area contributed by atoms with Gasteiger partial charge in [-0.15, -0.1) is 0 Å². The summed E-state index contributed by atoms with van der Waals surface area (Å²) in [7, 11) is 0. The maximum absolute atomic E-state index is 9.91. The predicted octanol–water partition coefficient (Wildman–Crippen LogP) is 9.61. The van der Waals surface area contributed by atoms with Crippen molar-refractivity contribution < 1.29 is 0 Å². The largest absolute Gasteiger partial charge is 0.198 e. The number of nitrogens with zero attached hydrogens (tertiary/aromatic N) is 1. The van der Waals surface area contributed by atoms with Crippen molar-refractivity contribution in [1.29, 1.82) is 5.26 Å². The lowest BCUT2D eigenvalue weighted by molar-refractivity contribution is 0.188. The van der Waals surface area contributed by atoms with Gasteiger partial charge in [-0.3, -0.25) is 0 Å². The number of hydrogen-bond donors (Lipinski definition) is 0. The molecule has 1 aromatic carbocycles. The number of hydrogen-bond acceptors (Lipinski definition) is 1. The molecule has 0 aromatic heterocycles. The minimum atomic E-state index is 0.315. The summed E-state index contributed by atoms with van der Waals surface area (Å²) in [6.07, 6.45) is 22.6. The first-order valence-corrected chi connectivity index (χ1v) is 14.2. The van der Waals surface area contributed by atoms with Crippen LogP contribution < -0.4 is 0 Å². The fraction of sp³-hybridized carbons (Fsp3) is 0.774. The molecule has 32 heavy (non-hydrogen) atoms. The molecular weight excluding hydrogens is 386 g/mol. The van der Waals surface area contributed by atoms with E-state index >= 15 is 0 Å². The van der Waals surface area contributed by atoms with Crippen molar-refractivity contribution in [3.8, 4) is 6.07 Å². The van der Waals surface area contributed by atoms with Crippen LogP contribution in [0.4, 0.5) is 0 Å². The Balaban J connectivity index is 1.39. The molecule has 1 heteroatoms. The molecule has 2 aliphatic carbocycles. The second kappa shape index (κ2) is 14.1. The summed E-state index contributed by atoms with van der Waals surface area (Å²) < 4.78 is 0. The first-order chi connectivity index (χ1) is 15.7. The van der Waals surface area contributed by atoms with E-state index in [2.05, 4.69) is 44.2 Å². The van der Waals surface area contributed by atoms with Gasteiger partial charge in [-0.25, -0.2) is 0 Å². The minimum absolute atomic E-state index is 0.315. The zero-order valence-corrected chi connectivity index (χ0v) is 21.2. The summed E-state index contributed by atoms with van der Waals surface area (Å²) in [4.78, 5) is 0. The molecule has 1 atom stereocenters. The van der Waals surface area contributed by atoms with Gasteiger partial charge in [-0.2, -0.15) is 5.26 Å². The van der Waals surface area contributed by atoms with Crippen molar-refractivity contribution in [2.24, 2.45) is 23.7 Å². The average Bonchev–Trinajstić information content (AvgIpc) is 2.85. The number of aryl methyl sites for hydroxylation is 1. The third kappa shape index (κ3) is 7.93. The van der Waals surface area contributed by atoms with Crippen LogP contribution in [-0.2, 0) is 6.42 Å². The monoisotopic (exact) mass is 435 g/mol. The van der Waals surface area contributed by atoms with Crippen LogP contribution in [-0.4, -0.2) is 0 Å². The van der Waals surface area contributed by atoms with Gasteiger partial charge in [0.25, 0.3) is 0 Å². The van der Waals surface area contributed by atoms with E-state index in [0.717, 1.165) is 17.8 Å². The standard InChI is InChI=1S/C31H49N/c1-3-5-7-8-10-26-11-17-28(18-12-26)29-21-15-27(16-22-29)23-31(24-32)30-19-13-25(14-20-30)9-6-4-2/h11-12,17-18,25,27,29-31H,3-10,13-16,19-23H2,1-2H3. The van der Waals surface area contributed by atoms with Crippen LogP contribution in [0.15, 0.2) is 24.3 Å². The summed E-state index contributed by atoms with van der Waals surface area (Å²) in [6.45, 7) is 4.58. The smallest absolute Gasteiger partial charge is 0.0658 e. The van der Waals surface area contributed by atoms with Gasteiger partial charge in [0.2, 0.25) is 0 Å². The molecule has 1 nitrogen and oxygen atoms in total. The zero-order valence-electron chi connectivity index (χ0n) is 21.2. The van der Waals surface area contributed by atoms with Crippen molar-refractivity contribution >= 4 is 0 Å². The van der Waals surface area contributed by atoms with Crippen molar-refractivity contribution in [2.45, 2.75) is 129 Å². The summed E-state index contributed by atoms with van der Waals surface area (Å²) in [6, 6.07) is 12.3. The molecular formula is C31H49N. The fourth-order valence-electron chi connectivity index (χ4n) is 6.53. The lowest BCUT2D eigenvalue weighted by Gasteiger charge is -2.34. The molecule has 3 rings (SSSR count). The molecule has 2 aliphatic rings. The van der Waals surface area contributed by atoms with E-state index in [9.17, 15) is 5.26 Å². The molecule has 178 valence electrons. The highest BCUT2D eigenvalue weighted by atomic mass is 14.4. The van der Waals surface area contributed by atoms with Gasteiger partial charge >= 0.3 is 0 Å². The molecule has 2 fully saturated rings. The van der Waals surface area contributed by atoms with E-state index in [1.165, 1.54) is 115 Å². The van der Waals surface area contributed by atoms with Crippen LogP contribution in [0.2, 0.25) is 0 Å². The van der Waals surface area contributed by atoms with Gasteiger partial charge in [0.15, 0.2) is 0 Å². The number of rotatable bonds is 12. The normalized spacial score (nSPS) is 27.0. The minimum Gasteiger partial charge on any atom is -0.198 e. The van der Waals surface area contributed by atoms with Gasteiger partial charge in [0.1, 0.15) is 0 Å². The third-order valence-electron chi connectivity index (χ3n) is 8.80. The van der Waals surface area contributed by atoms with Crippen LogP contribution in [0.1, 0.15) is 134 Å². The van der Waals surface area contributed by atoms with Crippen molar-refractivity contribution in [2.75, 3.05) is 0 Å². The molecule has 0 radical (unpaired) electrons. The van der Waals surface area contributed by atoms with Crippen molar-refractivity contribution in [3.63, 3.8) is 0 Å². The van der Waals surface area contributed by atoms with Crippen LogP contribution in [0, 0.1) is 35.0 Å². The van der Waals surface area contributed by atoms with Gasteiger partial charge in [0.05, 0.1) is 6.07 Å². The Bertz CT molecular complexity index is 653. The number of unbranched alkanes of at least 4 members (excludes halogenated alkanes) is 4. The zero-order chi connectivity index (χ0) is 22.6. The highest BCUT2D eigenvalue weighted by molar-refractivity contribution is 5.26. The molecule has 0 aliphatic heterocycles. The summed E-state index contributed by atoms with van der Waals surface area (Å²) in [5, 5.41) is 9.91. The first-order valence-electron chi connectivity index (χ1n) is 14.2. The molecule has 0 bridgehead atoms. The maximum Gasteiger partial charge on any atom is 0.0658 e. The lowest BCUT2D eigenvalue weighted by atomic mass is 9.70. The van der Waals surface area contributed by atoms with E-state index < -0.39 is 0 Å². The Morgan fingerprint density at radius 3 is 2.06 bits per heavy atom.